The third kappa shape index (κ3) is 15.6. The molecule has 10 atom stereocenters. The summed E-state index contributed by atoms with van der Waals surface area (Å²) in [6, 6.07) is 0.367. The molecule has 0 saturated carbocycles. The molecule has 2 fully saturated rings. The Balaban J connectivity index is 2.08. The van der Waals surface area contributed by atoms with Crippen molar-refractivity contribution in [2.75, 3.05) is 40.5 Å². The molecule has 2 aliphatic rings. The Bertz CT molecular complexity index is 1210. The number of hydrogen-bond acceptors (Lipinski definition) is 14. The Morgan fingerprint density at radius 2 is 1.36 bits per heavy atom. The predicted molar refractivity (Wildman–Crippen MR) is 219 cm³/mol. The third-order valence-corrected chi connectivity index (χ3v) is 22.0. The smallest absolute Gasteiger partial charge is 0.315 e. The van der Waals surface area contributed by atoms with Crippen LogP contribution in [0.5, 0.6) is 0 Å². The van der Waals surface area contributed by atoms with Gasteiger partial charge in [-0.1, -0.05) is 53.4 Å². The van der Waals surface area contributed by atoms with Gasteiger partial charge in [0.05, 0.1) is 31.0 Å². The highest BCUT2D eigenvalue weighted by Crippen LogP contribution is 2.41. The molecule has 16 nitrogen and oxygen atoms in total. The SMILES string of the molecule is CCCCCC(=O)NC1[C@@H](O)[C@H](C)C(COCC(=O)NCCC[Si](C)(C)O[Si](C)(C)O[Si](C)(C)CCCC)O[C@@]1(O)O[C@@]1(O)OC(CNC)[C@H](C)C(O)[C@H]1OC. The van der Waals surface area contributed by atoms with Crippen LogP contribution in [0.15, 0.2) is 0 Å². The van der Waals surface area contributed by atoms with Gasteiger partial charge in [-0.3, -0.25) is 14.3 Å². The minimum atomic E-state index is -2.90. The van der Waals surface area contributed by atoms with Crippen molar-refractivity contribution in [3.05, 3.63) is 0 Å². The lowest BCUT2D eigenvalue weighted by molar-refractivity contribution is -0.545. The standard InChI is InChI=1S/C37H77N3O13Si3/c1-13-15-17-19-30(41)40-34-32(43)27(4)29(50-36(34,45)51-37(46)35(47-6)33(44)26(3)28(49-37)23-38-5)24-48-25-31(42)39-20-18-22-55(9,10)53-56(11,12)52-54(7,8)21-16-14-2/h26-29,32-35,38,43-46H,13-25H2,1-12H3,(H,39,42)(H,40,41)/t26-,27+,28?,29?,32-,33?,34?,35+,36+,37-/m0/s1. The molecule has 0 aromatic heterocycles. The van der Waals surface area contributed by atoms with Gasteiger partial charge in [0, 0.05) is 38.5 Å². The normalized spacial score (nSPS) is 31.6. The summed E-state index contributed by atoms with van der Waals surface area (Å²) in [5, 5.41) is 54.8. The highest BCUT2D eigenvalue weighted by atomic mass is 28.5. The topological polar surface area (TPSA) is 216 Å². The van der Waals surface area contributed by atoms with E-state index in [0.29, 0.717) is 13.0 Å². The zero-order valence-corrected chi connectivity index (χ0v) is 39.3. The number of carbonyl (C=O) groups is 2. The summed E-state index contributed by atoms with van der Waals surface area (Å²) < 4.78 is 42.2. The molecule has 330 valence electrons. The van der Waals surface area contributed by atoms with E-state index in [2.05, 4.69) is 62.2 Å². The van der Waals surface area contributed by atoms with Crippen LogP contribution in [0.4, 0.5) is 0 Å². The lowest BCUT2D eigenvalue weighted by Crippen LogP contribution is -2.74. The van der Waals surface area contributed by atoms with Crippen LogP contribution in [0.2, 0.25) is 51.4 Å². The van der Waals surface area contributed by atoms with E-state index < -0.39 is 91.4 Å². The molecular weight excluding hydrogens is 779 g/mol. The number of likely N-dealkylation sites (N-methyl/N-ethyl adjacent to an activating group) is 1. The average molecular weight is 856 g/mol. The molecule has 0 aliphatic carbocycles. The highest BCUT2D eigenvalue weighted by molar-refractivity contribution is 6.87. The Morgan fingerprint density at radius 1 is 0.786 bits per heavy atom. The number of amides is 2. The van der Waals surface area contributed by atoms with Gasteiger partial charge in [-0.05, 0) is 71.3 Å². The monoisotopic (exact) mass is 855 g/mol. The number of ether oxygens (including phenoxy) is 5. The van der Waals surface area contributed by atoms with E-state index in [1.807, 2.05) is 6.92 Å². The third-order valence-electron chi connectivity index (χ3n) is 10.5. The molecule has 2 rings (SSSR count). The van der Waals surface area contributed by atoms with E-state index in [9.17, 15) is 30.0 Å². The predicted octanol–water partition coefficient (Wildman–Crippen LogP) is 2.85. The fourth-order valence-electron chi connectivity index (χ4n) is 7.60. The first kappa shape index (κ1) is 51.3. The minimum absolute atomic E-state index is 0.116. The lowest BCUT2D eigenvalue weighted by Gasteiger charge is -2.53. The number of unbranched alkanes of at least 4 members (excludes halogenated alkanes) is 3. The van der Waals surface area contributed by atoms with E-state index in [-0.39, 0.29) is 32.1 Å². The second-order valence-electron chi connectivity index (χ2n) is 17.3. The zero-order chi connectivity index (χ0) is 42.5. The first-order valence-electron chi connectivity index (χ1n) is 20.6. The van der Waals surface area contributed by atoms with Gasteiger partial charge in [-0.25, -0.2) is 0 Å². The van der Waals surface area contributed by atoms with Gasteiger partial charge < -0.3 is 63.6 Å². The Morgan fingerprint density at radius 3 is 1.93 bits per heavy atom. The second kappa shape index (κ2) is 22.6. The molecule has 7 N–H and O–H groups in total. The van der Waals surface area contributed by atoms with E-state index in [1.165, 1.54) is 7.11 Å². The van der Waals surface area contributed by atoms with Gasteiger partial charge in [0.25, 0.3) is 0 Å². The van der Waals surface area contributed by atoms with Crippen LogP contribution in [0.25, 0.3) is 0 Å². The maximum Gasteiger partial charge on any atom is 0.315 e. The maximum atomic E-state index is 13.0. The molecule has 0 aromatic carbocycles. The molecular formula is C37H77N3O13Si3. The minimum Gasteiger partial charge on any atom is -0.437 e. The fourth-order valence-corrected chi connectivity index (χ4v) is 21.8. The van der Waals surface area contributed by atoms with Gasteiger partial charge in [0.1, 0.15) is 12.6 Å². The summed E-state index contributed by atoms with van der Waals surface area (Å²) in [6.07, 6.45) is -0.725. The molecule has 0 aromatic rings. The molecule has 19 heteroatoms. The fraction of sp³-hybridized carbons (Fsp3) is 0.946. The molecule has 0 radical (unpaired) electrons. The van der Waals surface area contributed by atoms with Crippen molar-refractivity contribution in [3.63, 3.8) is 0 Å². The Hall–Kier alpha value is -0.889. The van der Waals surface area contributed by atoms with E-state index >= 15 is 0 Å². The van der Waals surface area contributed by atoms with Gasteiger partial charge in [-0.15, -0.1) is 0 Å². The molecule has 0 bridgehead atoms. The van der Waals surface area contributed by atoms with Crippen LogP contribution in [0.3, 0.4) is 0 Å². The summed E-state index contributed by atoms with van der Waals surface area (Å²) in [5.41, 5.74) is 0. The largest absolute Gasteiger partial charge is 0.437 e. The molecule has 2 heterocycles. The molecule has 2 amide bonds. The van der Waals surface area contributed by atoms with Crippen LogP contribution in [-0.2, 0) is 41.5 Å². The summed E-state index contributed by atoms with van der Waals surface area (Å²) >= 11 is 0. The molecule has 0 spiro atoms. The van der Waals surface area contributed by atoms with Gasteiger partial charge in [-0.2, -0.15) is 0 Å². The number of nitrogens with one attached hydrogen (secondary N) is 3. The van der Waals surface area contributed by atoms with Gasteiger partial charge in [0.15, 0.2) is 22.7 Å². The number of aliphatic hydroxyl groups is 4. The van der Waals surface area contributed by atoms with Crippen LogP contribution in [0, 0.1) is 11.8 Å². The number of rotatable bonds is 25. The van der Waals surface area contributed by atoms with Gasteiger partial charge >= 0.3 is 20.5 Å². The average Bonchev–Trinajstić information content (AvgIpc) is 3.08. The van der Waals surface area contributed by atoms with Crippen molar-refractivity contribution in [3.8, 4) is 0 Å². The van der Waals surface area contributed by atoms with E-state index in [0.717, 1.165) is 44.2 Å². The molecule has 2 aliphatic heterocycles. The summed E-state index contributed by atoms with van der Waals surface area (Å²) in [6.45, 7) is 20.8. The number of hydrogen-bond donors (Lipinski definition) is 7. The number of carbonyl (C=O) groups excluding carboxylic acids is 2. The van der Waals surface area contributed by atoms with E-state index in [4.69, 9.17) is 31.9 Å². The Labute approximate surface area is 338 Å². The van der Waals surface area contributed by atoms with Crippen molar-refractivity contribution in [2.45, 2.75) is 173 Å². The molecule has 4 unspecified atom stereocenters. The zero-order valence-electron chi connectivity index (χ0n) is 36.3. The summed E-state index contributed by atoms with van der Waals surface area (Å²) in [4.78, 5) is 25.8. The molecule has 56 heavy (non-hydrogen) atoms. The molecule has 2 saturated heterocycles. The first-order chi connectivity index (χ1) is 26.0. The van der Waals surface area contributed by atoms with E-state index in [1.54, 1.807) is 20.9 Å². The Kier molecular flexibility index (Phi) is 20.7. The van der Waals surface area contributed by atoms with Crippen molar-refractivity contribution in [1.29, 1.82) is 0 Å². The number of methoxy groups -OCH3 is 1. The number of aliphatic hydroxyl groups excluding tert-OH is 2. The van der Waals surface area contributed by atoms with Gasteiger partial charge in [0.2, 0.25) is 11.8 Å². The van der Waals surface area contributed by atoms with Crippen molar-refractivity contribution in [1.82, 2.24) is 16.0 Å². The quantitative estimate of drug-likeness (QED) is 0.0400. The first-order valence-corrected chi connectivity index (χ1v) is 29.6. The van der Waals surface area contributed by atoms with Crippen molar-refractivity contribution in [2.24, 2.45) is 11.8 Å². The van der Waals surface area contributed by atoms with Crippen LogP contribution in [-0.4, -0.2) is 146 Å². The van der Waals surface area contributed by atoms with Crippen LogP contribution < -0.4 is 16.0 Å². The summed E-state index contributed by atoms with van der Waals surface area (Å²) in [5.74, 6) is -7.77. The van der Waals surface area contributed by atoms with Crippen molar-refractivity contribution < 1.29 is 61.9 Å². The lowest BCUT2D eigenvalue weighted by atomic mass is 9.87. The summed E-state index contributed by atoms with van der Waals surface area (Å²) in [7, 11) is -3.28. The van der Waals surface area contributed by atoms with Crippen molar-refractivity contribution >= 4 is 37.0 Å². The van der Waals surface area contributed by atoms with Crippen LogP contribution in [0.1, 0.15) is 72.6 Å². The highest BCUT2D eigenvalue weighted by Gasteiger charge is 2.63. The maximum absolute atomic E-state index is 13.0. The van der Waals surface area contributed by atoms with Crippen LogP contribution >= 0.6 is 0 Å². The second-order valence-corrected chi connectivity index (χ2v) is 29.8.